The zero-order valence-electron chi connectivity index (χ0n) is 24.9. The normalized spacial score (nSPS) is 31.0. The molecule has 2 aliphatic heterocycles. The average molecular weight is 667 g/mol. The lowest BCUT2D eigenvalue weighted by Gasteiger charge is -2.45. The number of rotatable bonds is 9. The lowest BCUT2D eigenvalue weighted by molar-refractivity contribution is -0.358. The first-order chi connectivity index (χ1) is 22.3. The summed E-state index contributed by atoms with van der Waals surface area (Å²) < 4.78 is 38.5. The Hall–Kier alpha value is -4.04. The van der Waals surface area contributed by atoms with Crippen molar-refractivity contribution in [3.8, 4) is 34.3 Å². The standard InChI is InChI=1S/C30H34O17/c1-11(32)42-10-21-24(37)25(38)27(40)29(46-21)47-28-26(39)23(36)20(9-31)45-30(28)43-13-6-15(34)22-16(35)8-17(44-19(22)7-13)12-3-4-14(33)18(5-12)41-2/h3-8,20-21,23-31,33-34,36-40H,9-10H2,1-2H3/t20-,21-,23-,24-,25+,26+,27-,28-,29+,30-/m1/s1. The first kappa shape index (κ1) is 34.3. The van der Waals surface area contributed by atoms with Crippen molar-refractivity contribution in [2.75, 3.05) is 20.3 Å². The topological polar surface area (TPSA) is 264 Å². The van der Waals surface area contributed by atoms with Gasteiger partial charge in [0.1, 0.15) is 77.6 Å². The molecule has 2 fully saturated rings. The largest absolute Gasteiger partial charge is 0.507 e. The van der Waals surface area contributed by atoms with E-state index in [2.05, 4.69) is 0 Å². The maximum atomic E-state index is 13.0. The summed E-state index contributed by atoms with van der Waals surface area (Å²) in [6, 6.07) is 7.60. The Morgan fingerprint density at radius 2 is 1.55 bits per heavy atom. The molecule has 0 bridgehead atoms. The van der Waals surface area contributed by atoms with E-state index in [-0.39, 0.29) is 34.0 Å². The highest BCUT2D eigenvalue weighted by Gasteiger charge is 2.51. The van der Waals surface area contributed by atoms with Crippen molar-refractivity contribution in [2.45, 2.75) is 68.3 Å². The number of esters is 1. The third-order valence-corrected chi connectivity index (χ3v) is 7.74. The van der Waals surface area contributed by atoms with E-state index in [0.717, 1.165) is 19.1 Å². The SMILES string of the molecule is COc1cc(-c2cc(=O)c3c(O)cc(O[C@@H]4O[C@H](CO)[C@@H](O)[C@H](O)[C@H]4O[C@@H]4O[C@H](COC(C)=O)[C@@H](O)[C@H](O)[C@H]4O)cc3o2)ccc1O. The number of aliphatic hydroxyl groups excluding tert-OH is 6. The zero-order valence-corrected chi connectivity index (χ0v) is 24.9. The number of hydrogen-bond donors (Lipinski definition) is 8. The maximum Gasteiger partial charge on any atom is 0.302 e. The Bertz CT molecular complexity index is 1640. The van der Waals surface area contributed by atoms with E-state index in [1.165, 1.54) is 31.4 Å². The molecule has 1 aromatic heterocycles. The van der Waals surface area contributed by atoms with E-state index in [4.69, 9.17) is 32.8 Å². The van der Waals surface area contributed by atoms with Gasteiger partial charge in [0, 0.05) is 30.7 Å². The van der Waals surface area contributed by atoms with Crippen LogP contribution < -0.4 is 14.9 Å². The van der Waals surface area contributed by atoms with Crippen LogP contribution in [-0.4, -0.2) is 129 Å². The Morgan fingerprint density at radius 3 is 2.23 bits per heavy atom. The fourth-order valence-corrected chi connectivity index (χ4v) is 5.24. The number of hydrogen-bond acceptors (Lipinski definition) is 17. The Kier molecular flexibility index (Phi) is 10.2. The predicted molar refractivity (Wildman–Crippen MR) is 154 cm³/mol. The van der Waals surface area contributed by atoms with Crippen LogP contribution in [-0.2, 0) is 23.7 Å². The van der Waals surface area contributed by atoms with E-state index < -0.39 is 91.8 Å². The van der Waals surface area contributed by atoms with Gasteiger partial charge >= 0.3 is 5.97 Å². The first-order valence-corrected chi connectivity index (χ1v) is 14.3. The number of carbonyl (C=O) groups excluding carboxylic acids is 1. The molecule has 2 saturated heterocycles. The molecule has 0 amide bonds. The van der Waals surface area contributed by atoms with Gasteiger partial charge < -0.3 is 73.7 Å². The molecule has 2 aliphatic rings. The first-order valence-electron chi connectivity index (χ1n) is 14.3. The van der Waals surface area contributed by atoms with E-state index in [1.807, 2.05) is 0 Å². The van der Waals surface area contributed by atoms with Crippen molar-refractivity contribution in [1.29, 1.82) is 0 Å². The van der Waals surface area contributed by atoms with Gasteiger partial charge in [-0.2, -0.15) is 0 Å². The van der Waals surface area contributed by atoms with Crippen molar-refractivity contribution in [2.24, 2.45) is 0 Å². The van der Waals surface area contributed by atoms with E-state index in [1.54, 1.807) is 0 Å². The van der Waals surface area contributed by atoms with Crippen molar-refractivity contribution < 1.29 is 78.5 Å². The van der Waals surface area contributed by atoms with Crippen molar-refractivity contribution in [3.05, 3.63) is 46.6 Å². The molecule has 0 unspecified atom stereocenters. The van der Waals surface area contributed by atoms with Crippen molar-refractivity contribution >= 4 is 16.9 Å². The third kappa shape index (κ3) is 6.98. The minimum Gasteiger partial charge on any atom is -0.507 e. The molecule has 3 aromatic rings. The number of methoxy groups -OCH3 is 1. The number of aliphatic hydroxyl groups is 6. The van der Waals surface area contributed by atoms with E-state index in [0.29, 0.717) is 5.56 Å². The number of fused-ring (bicyclic) bond motifs is 1. The van der Waals surface area contributed by atoms with Crippen LogP contribution in [0.4, 0.5) is 0 Å². The fraction of sp³-hybridized carbons (Fsp3) is 0.467. The molecule has 17 nitrogen and oxygen atoms in total. The highest BCUT2D eigenvalue weighted by atomic mass is 16.8. The number of ether oxygens (including phenoxy) is 6. The van der Waals surface area contributed by atoms with Crippen LogP contribution in [0.25, 0.3) is 22.3 Å². The Morgan fingerprint density at radius 1 is 0.851 bits per heavy atom. The molecule has 0 aliphatic carbocycles. The van der Waals surface area contributed by atoms with Crippen LogP contribution in [0.3, 0.4) is 0 Å². The van der Waals surface area contributed by atoms with Gasteiger partial charge in [-0.25, -0.2) is 0 Å². The number of benzene rings is 2. The number of carbonyl (C=O) groups is 1. The fourth-order valence-electron chi connectivity index (χ4n) is 5.24. The Balaban J connectivity index is 1.46. The summed E-state index contributed by atoms with van der Waals surface area (Å²) >= 11 is 0. The minimum absolute atomic E-state index is 0.0406. The number of aromatic hydroxyl groups is 2. The van der Waals surface area contributed by atoms with Gasteiger partial charge in [0.05, 0.1) is 13.7 Å². The van der Waals surface area contributed by atoms with Gasteiger partial charge in [-0.3, -0.25) is 9.59 Å². The lowest BCUT2D eigenvalue weighted by Crippen LogP contribution is -2.65. The number of phenolic OH excluding ortho intramolecular Hbond substituents is 2. The lowest BCUT2D eigenvalue weighted by atomic mass is 9.97. The second kappa shape index (κ2) is 14.0. The molecule has 0 saturated carbocycles. The van der Waals surface area contributed by atoms with Gasteiger partial charge in [-0.05, 0) is 18.2 Å². The smallest absolute Gasteiger partial charge is 0.302 e. The summed E-state index contributed by atoms with van der Waals surface area (Å²) in [6.45, 7) is -0.203. The molecule has 5 rings (SSSR count). The van der Waals surface area contributed by atoms with Gasteiger partial charge in [-0.1, -0.05) is 0 Å². The minimum atomic E-state index is -1.91. The molecule has 8 N–H and O–H groups in total. The summed E-state index contributed by atoms with van der Waals surface area (Å²) in [5.41, 5.74) is -0.431. The van der Waals surface area contributed by atoms with Gasteiger partial charge in [0.15, 0.2) is 29.3 Å². The molecule has 256 valence electrons. The van der Waals surface area contributed by atoms with Crippen LogP contribution in [0, 0.1) is 0 Å². The van der Waals surface area contributed by atoms with Crippen LogP contribution in [0.1, 0.15) is 6.92 Å². The average Bonchev–Trinajstić information content (AvgIpc) is 3.03. The molecule has 0 radical (unpaired) electrons. The second-order valence-corrected chi connectivity index (χ2v) is 10.9. The third-order valence-electron chi connectivity index (χ3n) is 7.74. The summed E-state index contributed by atoms with van der Waals surface area (Å²) in [4.78, 5) is 24.2. The molecular weight excluding hydrogens is 632 g/mol. The quantitative estimate of drug-likeness (QED) is 0.120. The maximum absolute atomic E-state index is 13.0. The van der Waals surface area contributed by atoms with Gasteiger partial charge in [0.2, 0.25) is 6.29 Å². The highest BCUT2D eigenvalue weighted by molar-refractivity contribution is 5.86. The molecule has 47 heavy (non-hydrogen) atoms. The van der Waals surface area contributed by atoms with Crippen molar-refractivity contribution in [1.82, 2.24) is 0 Å². The van der Waals surface area contributed by atoms with E-state index in [9.17, 15) is 50.4 Å². The monoisotopic (exact) mass is 666 g/mol. The van der Waals surface area contributed by atoms with Crippen molar-refractivity contribution in [3.63, 3.8) is 0 Å². The predicted octanol–water partition coefficient (Wildman–Crippen LogP) is -1.55. The Labute approximate surface area is 265 Å². The van der Waals surface area contributed by atoms with Gasteiger partial charge in [-0.15, -0.1) is 0 Å². The molecule has 17 heteroatoms. The zero-order chi connectivity index (χ0) is 34.2. The summed E-state index contributed by atoms with van der Waals surface area (Å²) in [5, 5.41) is 83.0. The van der Waals surface area contributed by atoms with Crippen LogP contribution in [0.15, 0.2) is 45.6 Å². The second-order valence-electron chi connectivity index (χ2n) is 10.9. The van der Waals surface area contributed by atoms with Crippen LogP contribution in [0.5, 0.6) is 23.0 Å². The molecule has 3 heterocycles. The van der Waals surface area contributed by atoms with Gasteiger partial charge in [0.25, 0.3) is 0 Å². The number of phenols is 2. The van der Waals surface area contributed by atoms with Crippen LogP contribution >= 0.6 is 0 Å². The summed E-state index contributed by atoms with van der Waals surface area (Å²) in [5.74, 6) is -1.49. The molecule has 2 aromatic carbocycles. The summed E-state index contributed by atoms with van der Waals surface area (Å²) in [7, 11) is 1.34. The molecule has 10 atom stereocenters. The molecule has 0 spiro atoms. The highest BCUT2D eigenvalue weighted by Crippen LogP contribution is 2.36. The molecular formula is C30H34O17. The summed E-state index contributed by atoms with van der Waals surface area (Å²) in [6.07, 6.45) is -17.1. The van der Waals surface area contributed by atoms with Crippen LogP contribution in [0.2, 0.25) is 0 Å². The van der Waals surface area contributed by atoms with E-state index >= 15 is 0 Å².